The number of halogens is 3. The Morgan fingerprint density at radius 2 is 1.81 bits per heavy atom. The van der Waals surface area contributed by atoms with Gasteiger partial charge in [-0.1, -0.05) is 26.0 Å². The molecule has 16 heavy (non-hydrogen) atoms. The summed E-state index contributed by atoms with van der Waals surface area (Å²) in [6, 6.07) is 0. The predicted molar refractivity (Wildman–Crippen MR) is 59.4 cm³/mol. The fourth-order valence-electron chi connectivity index (χ4n) is 1.45. The molecule has 0 saturated heterocycles. The second-order valence-corrected chi connectivity index (χ2v) is 4.14. The Hall–Kier alpha value is -1.06. The Morgan fingerprint density at radius 1 is 1.19 bits per heavy atom. The van der Waals surface area contributed by atoms with E-state index in [9.17, 15) is 13.2 Å². The van der Waals surface area contributed by atoms with Crippen LogP contribution in [0.3, 0.4) is 0 Å². The Morgan fingerprint density at radius 3 is 2.38 bits per heavy atom. The summed E-state index contributed by atoms with van der Waals surface area (Å²) in [5.41, 5.74) is 0.0954. The molecule has 0 unspecified atom stereocenters. The first kappa shape index (κ1) is 13.0. The molecule has 4 heteroatoms. The molecule has 0 radical (unpaired) electrons. The number of hydrogen-bond acceptors (Lipinski definition) is 1. The summed E-state index contributed by atoms with van der Waals surface area (Å²) in [5.74, 6) is 0.205. The van der Waals surface area contributed by atoms with Gasteiger partial charge in [-0.05, 0) is 30.8 Å². The fraction of sp³-hybridized carbons (Fsp3) is 0.583. The first-order valence-electron chi connectivity index (χ1n) is 5.42. The number of hydrogen-bond donors (Lipinski definition) is 0. The summed E-state index contributed by atoms with van der Waals surface area (Å²) >= 11 is 0. The third-order valence-corrected chi connectivity index (χ3v) is 2.44. The summed E-state index contributed by atoms with van der Waals surface area (Å²) in [6.07, 6.45) is 2.11. The van der Waals surface area contributed by atoms with Gasteiger partial charge in [0.15, 0.2) is 0 Å². The Kier molecular flexibility index (Phi) is 4.33. The lowest BCUT2D eigenvalue weighted by molar-refractivity contribution is -0.0925. The van der Waals surface area contributed by atoms with Crippen molar-refractivity contribution < 1.29 is 13.2 Å². The van der Waals surface area contributed by atoms with E-state index in [2.05, 4.69) is 4.99 Å². The minimum atomic E-state index is -4.34. The summed E-state index contributed by atoms with van der Waals surface area (Å²) in [5, 5.41) is 0. The molecule has 0 aromatic carbocycles. The third kappa shape index (κ3) is 3.83. The molecule has 0 fully saturated rings. The van der Waals surface area contributed by atoms with Crippen LogP contribution in [0, 0.1) is 5.92 Å². The van der Waals surface area contributed by atoms with Crippen molar-refractivity contribution >= 4 is 6.21 Å². The lowest BCUT2D eigenvalue weighted by Crippen LogP contribution is -2.10. The molecule has 0 bridgehead atoms. The van der Waals surface area contributed by atoms with Crippen LogP contribution < -0.4 is 0 Å². The lowest BCUT2D eigenvalue weighted by Gasteiger charge is -2.08. The van der Waals surface area contributed by atoms with Crippen LogP contribution in [0.15, 0.2) is 28.4 Å². The number of allylic oxidation sites excluding steroid dienone is 4. The van der Waals surface area contributed by atoms with Crippen LogP contribution in [0.1, 0.15) is 33.1 Å². The second-order valence-electron chi connectivity index (χ2n) is 4.14. The molecule has 1 aliphatic heterocycles. The quantitative estimate of drug-likeness (QED) is 0.639. The molecule has 0 amide bonds. The molecule has 0 spiro atoms. The lowest BCUT2D eigenvalue weighted by atomic mass is 10.0. The number of rotatable bonds is 1. The van der Waals surface area contributed by atoms with E-state index in [4.69, 9.17) is 0 Å². The molecule has 1 nitrogen and oxygen atoms in total. The molecule has 0 atom stereocenters. The Labute approximate surface area is 93.8 Å². The van der Waals surface area contributed by atoms with Gasteiger partial charge in [-0.15, -0.1) is 0 Å². The van der Waals surface area contributed by atoms with Gasteiger partial charge in [-0.25, -0.2) is 0 Å². The first-order chi connectivity index (χ1) is 7.41. The number of aliphatic imine (C=N–C) groups is 1. The van der Waals surface area contributed by atoms with E-state index in [0.29, 0.717) is 6.42 Å². The van der Waals surface area contributed by atoms with Crippen LogP contribution in [0.25, 0.3) is 0 Å². The van der Waals surface area contributed by atoms with Gasteiger partial charge in [0.05, 0.1) is 0 Å². The van der Waals surface area contributed by atoms with Crippen molar-refractivity contribution in [3.8, 4) is 0 Å². The smallest absolute Gasteiger partial charge is 0.252 e. The summed E-state index contributed by atoms with van der Waals surface area (Å²) in [6.45, 7) is 3.90. The van der Waals surface area contributed by atoms with Crippen LogP contribution in [0.5, 0.6) is 0 Å². The molecular weight excluding hydrogens is 215 g/mol. The van der Waals surface area contributed by atoms with Gasteiger partial charge in [0.2, 0.25) is 0 Å². The van der Waals surface area contributed by atoms with Crippen molar-refractivity contribution in [3.05, 3.63) is 23.4 Å². The molecule has 90 valence electrons. The maximum absolute atomic E-state index is 12.5. The van der Waals surface area contributed by atoms with Crippen molar-refractivity contribution in [2.45, 2.75) is 39.3 Å². The van der Waals surface area contributed by atoms with Crippen LogP contribution in [0.4, 0.5) is 13.2 Å². The third-order valence-electron chi connectivity index (χ3n) is 2.44. The average Bonchev–Trinajstić information content (AvgIpc) is 2.26. The zero-order chi connectivity index (χ0) is 12.2. The van der Waals surface area contributed by atoms with Gasteiger partial charge < -0.3 is 0 Å². The van der Waals surface area contributed by atoms with Crippen LogP contribution >= 0.6 is 0 Å². The number of alkyl halides is 3. The molecular formula is C12H16F3N. The predicted octanol–water partition coefficient (Wildman–Crippen LogP) is 4.27. The van der Waals surface area contributed by atoms with E-state index < -0.39 is 11.9 Å². The van der Waals surface area contributed by atoms with Gasteiger partial charge >= 0.3 is 6.18 Å². The van der Waals surface area contributed by atoms with Crippen LogP contribution in [-0.4, -0.2) is 12.4 Å². The van der Waals surface area contributed by atoms with Gasteiger partial charge in [0.25, 0.3) is 0 Å². The topological polar surface area (TPSA) is 12.4 Å². The summed E-state index contributed by atoms with van der Waals surface area (Å²) in [7, 11) is 0. The van der Waals surface area contributed by atoms with E-state index in [0.717, 1.165) is 18.4 Å². The van der Waals surface area contributed by atoms with Crippen LogP contribution in [0.2, 0.25) is 0 Å². The van der Waals surface area contributed by atoms with Crippen molar-refractivity contribution in [1.82, 2.24) is 0 Å². The van der Waals surface area contributed by atoms with E-state index in [1.807, 2.05) is 19.9 Å². The second kappa shape index (κ2) is 5.32. The minimum Gasteiger partial charge on any atom is -0.252 e. The normalized spacial score (nSPS) is 21.9. The molecule has 1 heterocycles. The van der Waals surface area contributed by atoms with E-state index in [-0.39, 0.29) is 5.92 Å². The highest BCUT2D eigenvalue weighted by atomic mass is 19.4. The SMILES string of the molecule is CC(C)/C1=C/CCCC=C(C(F)(F)F)N=C1. The standard InChI is InChI=1S/C12H16F3N/c1-9(2)10-6-4-3-5-7-11(16-8-10)12(13,14)15/h6-9H,3-5H2,1-2H3/b10-6+,11-7?,16-8?. The zero-order valence-electron chi connectivity index (χ0n) is 9.51. The monoisotopic (exact) mass is 231 g/mol. The number of nitrogens with zero attached hydrogens (tertiary/aromatic N) is 1. The highest BCUT2D eigenvalue weighted by Gasteiger charge is 2.33. The molecule has 0 aromatic heterocycles. The van der Waals surface area contributed by atoms with Crippen molar-refractivity contribution in [2.75, 3.05) is 0 Å². The van der Waals surface area contributed by atoms with Gasteiger partial charge in [-0.2, -0.15) is 13.2 Å². The van der Waals surface area contributed by atoms with Crippen molar-refractivity contribution in [1.29, 1.82) is 0 Å². The van der Waals surface area contributed by atoms with E-state index in [1.165, 1.54) is 12.3 Å². The van der Waals surface area contributed by atoms with E-state index >= 15 is 0 Å². The van der Waals surface area contributed by atoms with Gasteiger partial charge in [0.1, 0.15) is 5.70 Å². The van der Waals surface area contributed by atoms with Crippen molar-refractivity contribution in [3.63, 3.8) is 0 Å². The fourth-order valence-corrected chi connectivity index (χ4v) is 1.45. The maximum Gasteiger partial charge on any atom is 0.433 e. The molecule has 0 saturated carbocycles. The largest absolute Gasteiger partial charge is 0.433 e. The summed E-state index contributed by atoms with van der Waals surface area (Å²) < 4.78 is 37.5. The molecule has 1 aliphatic rings. The molecule has 0 aliphatic carbocycles. The van der Waals surface area contributed by atoms with Gasteiger partial charge in [-0.3, -0.25) is 4.99 Å². The first-order valence-corrected chi connectivity index (χ1v) is 5.42. The molecule has 1 rings (SSSR count). The molecule has 0 aromatic rings. The van der Waals surface area contributed by atoms with Crippen molar-refractivity contribution in [2.24, 2.45) is 10.9 Å². The van der Waals surface area contributed by atoms with Gasteiger partial charge in [0, 0.05) is 6.21 Å². The Bertz CT molecular complexity index is 322. The minimum absolute atomic E-state index is 0.205. The Balaban J connectivity index is 2.94. The maximum atomic E-state index is 12.5. The van der Waals surface area contributed by atoms with E-state index in [1.54, 1.807) is 0 Å². The zero-order valence-corrected chi connectivity index (χ0v) is 9.51. The highest BCUT2D eigenvalue weighted by Crippen LogP contribution is 2.28. The van der Waals surface area contributed by atoms with Crippen LogP contribution in [-0.2, 0) is 0 Å². The summed E-state index contributed by atoms with van der Waals surface area (Å²) in [4.78, 5) is 3.56. The highest BCUT2D eigenvalue weighted by molar-refractivity contribution is 5.80. The average molecular weight is 231 g/mol. The molecule has 0 N–H and O–H groups in total.